The fraction of sp³-hybridized carbons (Fsp3) is 0.455. The molecule has 0 aliphatic heterocycles. The van der Waals surface area contributed by atoms with Gasteiger partial charge in [0.25, 0.3) is 0 Å². The lowest BCUT2D eigenvalue weighted by atomic mass is 10.0. The lowest BCUT2D eigenvalue weighted by molar-refractivity contribution is 0.864. The van der Waals surface area contributed by atoms with Gasteiger partial charge in [-0.05, 0) is 24.0 Å². The van der Waals surface area contributed by atoms with Crippen molar-refractivity contribution in [3.8, 4) is 0 Å². The van der Waals surface area contributed by atoms with Crippen molar-refractivity contribution in [2.75, 3.05) is 0 Å². The lowest BCUT2D eigenvalue weighted by Gasteiger charge is -2.07. The summed E-state index contributed by atoms with van der Waals surface area (Å²) in [6.07, 6.45) is 0. The predicted molar refractivity (Wildman–Crippen MR) is 54.8 cm³/mol. The van der Waals surface area contributed by atoms with Gasteiger partial charge in [0, 0.05) is 0 Å². The van der Waals surface area contributed by atoms with Gasteiger partial charge in [-0.3, -0.25) is 0 Å². The van der Waals surface area contributed by atoms with Gasteiger partial charge >= 0.3 is 0 Å². The average molecular weight is 183 g/mol. The first kappa shape index (κ1) is 9.60. The van der Waals surface area contributed by atoms with E-state index in [1.165, 1.54) is 11.1 Å². The second-order valence-corrected chi connectivity index (χ2v) is 4.09. The standard InChI is InChI=1S/C11H15Cl/c1-8(2)10-4-6-11(7-5-10)9(3)12/h4-9H,1-3H3. The zero-order valence-electron chi connectivity index (χ0n) is 7.84. The molecule has 0 amide bonds. The van der Waals surface area contributed by atoms with E-state index in [1.807, 2.05) is 6.92 Å². The number of benzene rings is 1. The predicted octanol–water partition coefficient (Wildman–Crippen LogP) is 4.11. The molecule has 1 heteroatoms. The van der Waals surface area contributed by atoms with E-state index >= 15 is 0 Å². The third-order valence-electron chi connectivity index (χ3n) is 2.06. The van der Waals surface area contributed by atoms with Crippen molar-refractivity contribution in [1.29, 1.82) is 0 Å². The van der Waals surface area contributed by atoms with Crippen LogP contribution in [0.3, 0.4) is 0 Å². The summed E-state index contributed by atoms with van der Waals surface area (Å²) in [6, 6.07) is 8.51. The van der Waals surface area contributed by atoms with Gasteiger partial charge in [0.1, 0.15) is 0 Å². The molecule has 1 rings (SSSR count). The van der Waals surface area contributed by atoms with Crippen LogP contribution in [0.2, 0.25) is 0 Å². The van der Waals surface area contributed by atoms with Crippen molar-refractivity contribution < 1.29 is 0 Å². The first-order valence-electron chi connectivity index (χ1n) is 4.35. The molecule has 0 N–H and O–H groups in total. The Morgan fingerprint density at radius 2 is 1.33 bits per heavy atom. The Balaban J connectivity index is 2.86. The van der Waals surface area contributed by atoms with Gasteiger partial charge in [-0.15, -0.1) is 11.6 Å². The molecule has 0 radical (unpaired) electrons. The van der Waals surface area contributed by atoms with E-state index < -0.39 is 0 Å². The topological polar surface area (TPSA) is 0 Å². The lowest BCUT2D eigenvalue weighted by Crippen LogP contribution is -1.89. The molecule has 0 saturated carbocycles. The van der Waals surface area contributed by atoms with Gasteiger partial charge in [0.15, 0.2) is 0 Å². The van der Waals surface area contributed by atoms with Gasteiger partial charge in [0.2, 0.25) is 0 Å². The molecule has 66 valence electrons. The van der Waals surface area contributed by atoms with E-state index in [-0.39, 0.29) is 5.38 Å². The van der Waals surface area contributed by atoms with Crippen molar-refractivity contribution in [2.24, 2.45) is 0 Å². The van der Waals surface area contributed by atoms with Crippen molar-refractivity contribution in [3.63, 3.8) is 0 Å². The zero-order chi connectivity index (χ0) is 9.14. The smallest absolute Gasteiger partial charge is 0.0557 e. The van der Waals surface area contributed by atoms with Crippen molar-refractivity contribution in [3.05, 3.63) is 35.4 Å². The van der Waals surface area contributed by atoms with Crippen LogP contribution < -0.4 is 0 Å². The summed E-state index contributed by atoms with van der Waals surface area (Å²) in [5, 5.41) is 0.117. The molecule has 1 aromatic rings. The number of hydrogen-bond acceptors (Lipinski definition) is 0. The van der Waals surface area contributed by atoms with E-state index in [2.05, 4.69) is 38.1 Å². The maximum atomic E-state index is 5.94. The van der Waals surface area contributed by atoms with E-state index in [4.69, 9.17) is 11.6 Å². The van der Waals surface area contributed by atoms with Crippen LogP contribution in [0.15, 0.2) is 24.3 Å². The third kappa shape index (κ3) is 2.25. The van der Waals surface area contributed by atoms with Crippen molar-refractivity contribution in [2.45, 2.75) is 32.1 Å². The normalized spacial score (nSPS) is 13.4. The maximum absolute atomic E-state index is 5.94. The highest BCUT2D eigenvalue weighted by molar-refractivity contribution is 6.20. The number of hydrogen-bond donors (Lipinski definition) is 0. The van der Waals surface area contributed by atoms with Crippen LogP contribution in [0.5, 0.6) is 0 Å². The van der Waals surface area contributed by atoms with E-state index in [0.717, 1.165) is 0 Å². The number of halogens is 1. The highest BCUT2D eigenvalue weighted by Crippen LogP contribution is 2.21. The monoisotopic (exact) mass is 182 g/mol. The van der Waals surface area contributed by atoms with Crippen LogP contribution in [-0.4, -0.2) is 0 Å². The van der Waals surface area contributed by atoms with Crippen LogP contribution in [0.1, 0.15) is 43.2 Å². The van der Waals surface area contributed by atoms with Crippen molar-refractivity contribution in [1.82, 2.24) is 0 Å². The summed E-state index contributed by atoms with van der Waals surface area (Å²) in [5.74, 6) is 0.602. The average Bonchev–Trinajstić information content (AvgIpc) is 2.04. The number of alkyl halides is 1. The first-order chi connectivity index (χ1) is 5.61. The van der Waals surface area contributed by atoms with Crippen LogP contribution >= 0.6 is 11.6 Å². The van der Waals surface area contributed by atoms with Crippen molar-refractivity contribution >= 4 is 11.6 Å². The largest absolute Gasteiger partial charge is 0.118 e. The fourth-order valence-electron chi connectivity index (χ4n) is 1.15. The Bertz CT molecular complexity index is 207. The zero-order valence-corrected chi connectivity index (χ0v) is 8.60. The minimum absolute atomic E-state index is 0.117. The molecule has 0 aliphatic carbocycles. The number of rotatable bonds is 2. The molecule has 12 heavy (non-hydrogen) atoms. The molecular formula is C11H15Cl. The fourth-order valence-corrected chi connectivity index (χ4v) is 1.29. The Kier molecular flexibility index (Phi) is 3.16. The summed E-state index contributed by atoms with van der Waals surface area (Å²) in [5.41, 5.74) is 2.57. The summed E-state index contributed by atoms with van der Waals surface area (Å²) in [6.45, 7) is 6.38. The van der Waals surface area contributed by atoms with E-state index in [9.17, 15) is 0 Å². The van der Waals surface area contributed by atoms with Gasteiger partial charge in [-0.2, -0.15) is 0 Å². The van der Waals surface area contributed by atoms with E-state index in [1.54, 1.807) is 0 Å². The molecule has 1 unspecified atom stereocenters. The molecule has 0 heterocycles. The second-order valence-electron chi connectivity index (χ2n) is 3.44. The van der Waals surface area contributed by atoms with Crippen LogP contribution in [0.4, 0.5) is 0 Å². The van der Waals surface area contributed by atoms with Crippen LogP contribution in [0, 0.1) is 0 Å². The summed E-state index contributed by atoms with van der Waals surface area (Å²) >= 11 is 5.94. The van der Waals surface area contributed by atoms with Gasteiger partial charge in [-0.25, -0.2) is 0 Å². The van der Waals surface area contributed by atoms with Gasteiger partial charge in [-0.1, -0.05) is 38.1 Å². The molecule has 1 aromatic carbocycles. The van der Waals surface area contributed by atoms with Crippen LogP contribution in [0.25, 0.3) is 0 Å². The Morgan fingerprint density at radius 3 is 1.67 bits per heavy atom. The summed E-state index contributed by atoms with van der Waals surface area (Å²) < 4.78 is 0. The molecule has 0 fully saturated rings. The van der Waals surface area contributed by atoms with Crippen LogP contribution in [-0.2, 0) is 0 Å². The highest BCUT2D eigenvalue weighted by atomic mass is 35.5. The Morgan fingerprint density at radius 1 is 0.917 bits per heavy atom. The molecule has 0 saturated heterocycles. The second kappa shape index (κ2) is 3.95. The SMILES string of the molecule is CC(C)c1ccc(C(C)Cl)cc1. The summed E-state index contributed by atoms with van der Waals surface area (Å²) in [7, 11) is 0. The molecule has 0 spiro atoms. The molecular weight excluding hydrogens is 168 g/mol. The molecule has 0 nitrogen and oxygen atoms in total. The quantitative estimate of drug-likeness (QED) is 0.604. The highest BCUT2D eigenvalue weighted by Gasteiger charge is 2.01. The molecule has 0 aromatic heterocycles. The summed E-state index contributed by atoms with van der Waals surface area (Å²) in [4.78, 5) is 0. The first-order valence-corrected chi connectivity index (χ1v) is 4.79. The third-order valence-corrected chi connectivity index (χ3v) is 2.31. The maximum Gasteiger partial charge on any atom is 0.0557 e. The molecule has 0 aliphatic rings. The molecule has 1 atom stereocenters. The molecule has 0 bridgehead atoms. The van der Waals surface area contributed by atoms with Gasteiger partial charge in [0.05, 0.1) is 5.38 Å². The minimum Gasteiger partial charge on any atom is -0.118 e. The van der Waals surface area contributed by atoms with E-state index in [0.29, 0.717) is 5.92 Å². The van der Waals surface area contributed by atoms with Gasteiger partial charge < -0.3 is 0 Å². The Hall–Kier alpha value is -0.490. The Labute approximate surface area is 79.6 Å². The minimum atomic E-state index is 0.117.